The second-order valence-electron chi connectivity index (χ2n) is 6.34. The number of nitrogens with zero attached hydrogens (tertiary/aromatic N) is 1. The van der Waals surface area contributed by atoms with Gasteiger partial charge in [-0.15, -0.1) is 0 Å². The summed E-state index contributed by atoms with van der Waals surface area (Å²) < 4.78 is 4.77. The molecule has 5 heteroatoms. The van der Waals surface area contributed by atoms with Crippen LogP contribution in [0.1, 0.15) is 31.2 Å². The van der Waals surface area contributed by atoms with Crippen molar-refractivity contribution in [3.63, 3.8) is 0 Å². The molecule has 1 amide bonds. The molecule has 1 unspecified atom stereocenters. The summed E-state index contributed by atoms with van der Waals surface area (Å²) in [5.41, 5.74) is 1.25. The van der Waals surface area contributed by atoms with Crippen molar-refractivity contribution in [3.8, 4) is 0 Å². The number of methoxy groups -OCH3 is 1. The van der Waals surface area contributed by atoms with Crippen molar-refractivity contribution in [3.05, 3.63) is 34.9 Å². The van der Waals surface area contributed by atoms with Gasteiger partial charge in [-0.25, -0.2) is 0 Å². The van der Waals surface area contributed by atoms with Gasteiger partial charge >= 0.3 is 5.97 Å². The first-order valence-electron chi connectivity index (χ1n) is 7.66. The van der Waals surface area contributed by atoms with Gasteiger partial charge in [0.25, 0.3) is 0 Å². The lowest BCUT2D eigenvalue weighted by atomic mass is 9.64. The number of esters is 1. The van der Waals surface area contributed by atoms with Crippen LogP contribution in [0, 0.1) is 5.92 Å². The fourth-order valence-corrected chi connectivity index (χ4v) is 3.69. The maximum atomic E-state index is 12.2. The van der Waals surface area contributed by atoms with Gasteiger partial charge in [0.15, 0.2) is 0 Å². The molecule has 1 saturated heterocycles. The molecule has 2 fully saturated rings. The maximum Gasteiger partial charge on any atom is 0.310 e. The van der Waals surface area contributed by atoms with Crippen LogP contribution in [0.4, 0.5) is 0 Å². The third-order valence-corrected chi connectivity index (χ3v) is 5.26. The van der Waals surface area contributed by atoms with Gasteiger partial charge in [0.1, 0.15) is 0 Å². The first-order chi connectivity index (χ1) is 10.5. The van der Waals surface area contributed by atoms with E-state index in [1.807, 2.05) is 17.0 Å². The lowest BCUT2D eigenvalue weighted by Crippen LogP contribution is -2.46. The highest BCUT2D eigenvalue weighted by molar-refractivity contribution is 6.30. The van der Waals surface area contributed by atoms with E-state index in [0.29, 0.717) is 13.1 Å². The minimum absolute atomic E-state index is 0.0191. The van der Waals surface area contributed by atoms with E-state index in [2.05, 4.69) is 12.1 Å². The molecular formula is C17H20ClNO3. The van der Waals surface area contributed by atoms with E-state index in [9.17, 15) is 9.59 Å². The molecule has 3 rings (SSSR count). The maximum absolute atomic E-state index is 12.2. The molecule has 1 aromatic carbocycles. The molecule has 2 aliphatic rings. The molecule has 1 heterocycles. The zero-order valence-electron chi connectivity index (χ0n) is 12.7. The monoisotopic (exact) mass is 321 g/mol. The van der Waals surface area contributed by atoms with Crippen LogP contribution in [-0.2, 0) is 19.7 Å². The van der Waals surface area contributed by atoms with Crippen molar-refractivity contribution in [1.29, 1.82) is 0 Å². The van der Waals surface area contributed by atoms with E-state index in [1.54, 1.807) is 0 Å². The van der Waals surface area contributed by atoms with Gasteiger partial charge in [0, 0.05) is 29.9 Å². The molecular weight excluding hydrogens is 302 g/mol. The average molecular weight is 322 g/mol. The number of halogens is 1. The van der Waals surface area contributed by atoms with Crippen LogP contribution >= 0.6 is 11.6 Å². The number of hydrogen-bond acceptors (Lipinski definition) is 3. The Labute approximate surface area is 135 Å². The third-order valence-electron chi connectivity index (χ3n) is 5.01. The molecule has 1 saturated carbocycles. The summed E-state index contributed by atoms with van der Waals surface area (Å²) in [6.45, 7) is 1.15. The van der Waals surface area contributed by atoms with E-state index >= 15 is 0 Å². The standard InChI is InChI=1S/C17H20ClNO3/c1-22-16(21)12-9-15(20)19(10-12)11-17(7-2-8-17)13-3-5-14(18)6-4-13/h3-6,12H,2,7-11H2,1H3. The Morgan fingerprint density at radius 1 is 1.36 bits per heavy atom. The molecule has 4 nitrogen and oxygen atoms in total. The number of amides is 1. The highest BCUT2D eigenvalue weighted by atomic mass is 35.5. The Balaban J connectivity index is 1.74. The van der Waals surface area contributed by atoms with Crippen LogP contribution in [0.3, 0.4) is 0 Å². The first kappa shape index (κ1) is 15.3. The topological polar surface area (TPSA) is 46.6 Å². The molecule has 0 radical (unpaired) electrons. The van der Waals surface area contributed by atoms with E-state index in [4.69, 9.17) is 16.3 Å². The van der Waals surface area contributed by atoms with Gasteiger partial charge in [0.05, 0.1) is 13.0 Å². The molecule has 22 heavy (non-hydrogen) atoms. The Morgan fingerprint density at radius 2 is 2.05 bits per heavy atom. The van der Waals surface area contributed by atoms with Crippen LogP contribution in [-0.4, -0.2) is 37.0 Å². The number of likely N-dealkylation sites (tertiary alicyclic amines) is 1. The lowest BCUT2D eigenvalue weighted by Gasteiger charge is -2.45. The van der Waals surface area contributed by atoms with Gasteiger partial charge in [0.2, 0.25) is 5.91 Å². The number of ether oxygens (including phenoxy) is 1. The minimum atomic E-state index is -0.320. The smallest absolute Gasteiger partial charge is 0.310 e. The van der Waals surface area contributed by atoms with Crippen molar-refractivity contribution in [2.75, 3.05) is 20.2 Å². The van der Waals surface area contributed by atoms with Gasteiger partial charge in [-0.1, -0.05) is 30.2 Å². The number of carbonyl (C=O) groups excluding carboxylic acids is 2. The highest BCUT2D eigenvalue weighted by Crippen LogP contribution is 2.45. The fourth-order valence-electron chi connectivity index (χ4n) is 3.56. The van der Waals surface area contributed by atoms with E-state index in [-0.39, 0.29) is 29.6 Å². The predicted octanol–water partition coefficient (Wildman–Crippen LogP) is 2.78. The molecule has 1 aromatic rings. The highest BCUT2D eigenvalue weighted by Gasteiger charge is 2.44. The summed E-state index contributed by atoms with van der Waals surface area (Å²) in [6, 6.07) is 7.92. The Hall–Kier alpha value is -1.55. The molecule has 0 aromatic heterocycles. The van der Waals surface area contributed by atoms with Crippen molar-refractivity contribution in [2.24, 2.45) is 5.92 Å². The molecule has 0 bridgehead atoms. The van der Waals surface area contributed by atoms with Crippen molar-refractivity contribution >= 4 is 23.5 Å². The van der Waals surface area contributed by atoms with Crippen molar-refractivity contribution in [2.45, 2.75) is 31.1 Å². The number of benzene rings is 1. The van der Waals surface area contributed by atoms with Crippen LogP contribution in [0.15, 0.2) is 24.3 Å². The third kappa shape index (κ3) is 2.72. The van der Waals surface area contributed by atoms with Crippen LogP contribution in [0.2, 0.25) is 5.02 Å². The second kappa shape index (κ2) is 5.92. The van der Waals surface area contributed by atoms with Crippen molar-refractivity contribution in [1.82, 2.24) is 4.90 Å². The SMILES string of the molecule is COC(=O)C1CC(=O)N(CC2(c3ccc(Cl)cc3)CCC2)C1. The summed E-state index contributed by atoms with van der Waals surface area (Å²) in [6.07, 6.45) is 3.58. The van der Waals surface area contributed by atoms with Crippen LogP contribution in [0.25, 0.3) is 0 Å². The van der Waals surface area contributed by atoms with Gasteiger partial charge in [-0.3, -0.25) is 9.59 Å². The molecule has 1 aliphatic heterocycles. The number of rotatable bonds is 4. The fraction of sp³-hybridized carbons (Fsp3) is 0.529. The Morgan fingerprint density at radius 3 is 2.59 bits per heavy atom. The molecule has 0 spiro atoms. The summed E-state index contributed by atoms with van der Waals surface area (Å²) in [7, 11) is 1.37. The Bertz CT molecular complexity index is 580. The summed E-state index contributed by atoms with van der Waals surface area (Å²) in [4.78, 5) is 25.7. The van der Waals surface area contributed by atoms with Crippen molar-refractivity contribution < 1.29 is 14.3 Å². The minimum Gasteiger partial charge on any atom is -0.469 e. The molecule has 118 valence electrons. The largest absolute Gasteiger partial charge is 0.469 e. The molecule has 0 N–H and O–H groups in total. The first-order valence-corrected chi connectivity index (χ1v) is 8.03. The Kier molecular flexibility index (Phi) is 4.13. The van der Waals surface area contributed by atoms with Gasteiger partial charge in [-0.05, 0) is 30.5 Å². The summed E-state index contributed by atoms with van der Waals surface area (Å²) in [5, 5.41) is 0.723. The summed E-state index contributed by atoms with van der Waals surface area (Å²) >= 11 is 5.97. The second-order valence-corrected chi connectivity index (χ2v) is 6.78. The summed E-state index contributed by atoms with van der Waals surface area (Å²) in [5.74, 6) is -0.555. The lowest BCUT2D eigenvalue weighted by molar-refractivity contribution is -0.145. The zero-order valence-corrected chi connectivity index (χ0v) is 13.4. The molecule has 1 atom stereocenters. The quantitative estimate of drug-likeness (QED) is 0.801. The number of hydrogen-bond donors (Lipinski definition) is 0. The zero-order chi connectivity index (χ0) is 15.7. The molecule has 1 aliphatic carbocycles. The van der Waals surface area contributed by atoms with E-state index in [0.717, 1.165) is 17.9 Å². The average Bonchev–Trinajstić information content (AvgIpc) is 2.84. The van der Waals surface area contributed by atoms with E-state index in [1.165, 1.54) is 19.1 Å². The van der Waals surface area contributed by atoms with Crippen LogP contribution in [0.5, 0.6) is 0 Å². The van der Waals surface area contributed by atoms with E-state index < -0.39 is 0 Å². The number of carbonyl (C=O) groups is 2. The van der Waals surface area contributed by atoms with Gasteiger partial charge in [-0.2, -0.15) is 0 Å². The van der Waals surface area contributed by atoms with Gasteiger partial charge < -0.3 is 9.64 Å². The van der Waals surface area contributed by atoms with Crippen LogP contribution < -0.4 is 0 Å². The predicted molar refractivity (Wildman–Crippen MR) is 83.7 cm³/mol. The normalized spacial score (nSPS) is 23.3.